The van der Waals surface area contributed by atoms with Crippen LogP contribution in [-0.4, -0.2) is 4.43 Å². The van der Waals surface area contributed by atoms with Crippen LogP contribution in [0.3, 0.4) is 0 Å². The Kier molecular flexibility index (Phi) is 5.48. The first-order chi connectivity index (χ1) is 9.57. The molecule has 0 amide bonds. The van der Waals surface area contributed by atoms with Crippen LogP contribution in [0.2, 0.25) is 0 Å². The summed E-state index contributed by atoms with van der Waals surface area (Å²) < 4.78 is 1.14. The van der Waals surface area contributed by atoms with Crippen LogP contribution in [0.5, 0.6) is 0 Å². The van der Waals surface area contributed by atoms with Gasteiger partial charge in [0, 0.05) is 10.3 Å². The normalized spacial score (nSPS) is 20.4. The summed E-state index contributed by atoms with van der Waals surface area (Å²) >= 11 is 2.53. The van der Waals surface area contributed by atoms with Crippen molar-refractivity contribution in [1.29, 1.82) is 0 Å². The minimum Gasteiger partial charge on any atom is -0.0853 e. The van der Waals surface area contributed by atoms with Crippen molar-refractivity contribution in [3.05, 3.63) is 59.2 Å². The molecule has 1 aromatic rings. The Morgan fingerprint density at radius 3 is 2.50 bits per heavy atom. The van der Waals surface area contributed by atoms with Crippen molar-refractivity contribution in [3.63, 3.8) is 0 Å². The highest BCUT2D eigenvalue weighted by molar-refractivity contribution is 14.1. The molecule has 0 radical (unpaired) electrons. The summed E-state index contributed by atoms with van der Waals surface area (Å²) in [6.07, 6.45) is 8.57. The Bertz CT molecular complexity index is 494. The van der Waals surface area contributed by atoms with E-state index in [1.807, 2.05) is 0 Å². The van der Waals surface area contributed by atoms with E-state index in [0.29, 0.717) is 11.3 Å². The smallest absolute Gasteiger partial charge is 0.0178 e. The minimum absolute atomic E-state index is 0.481. The van der Waals surface area contributed by atoms with E-state index in [9.17, 15) is 0 Å². The predicted molar refractivity (Wildman–Crippen MR) is 97.5 cm³/mol. The van der Waals surface area contributed by atoms with E-state index >= 15 is 0 Å². The summed E-state index contributed by atoms with van der Waals surface area (Å²) in [5, 5.41) is 0. The first kappa shape index (κ1) is 15.8. The highest BCUT2D eigenvalue weighted by Gasteiger charge is 2.25. The van der Waals surface area contributed by atoms with Crippen molar-refractivity contribution < 1.29 is 0 Å². The first-order valence-corrected chi connectivity index (χ1v) is 9.06. The second-order valence-electron chi connectivity index (χ2n) is 6.46. The molecule has 1 heteroatoms. The molecule has 0 spiro atoms. The Labute approximate surface area is 137 Å². The quantitative estimate of drug-likeness (QED) is 0.426. The van der Waals surface area contributed by atoms with Gasteiger partial charge >= 0.3 is 0 Å². The molecule has 0 aliphatic heterocycles. The van der Waals surface area contributed by atoms with Gasteiger partial charge in [0.25, 0.3) is 0 Å². The highest BCUT2D eigenvalue weighted by atomic mass is 127. The molecule has 0 bridgehead atoms. The van der Waals surface area contributed by atoms with Crippen LogP contribution < -0.4 is 0 Å². The fourth-order valence-corrected chi connectivity index (χ4v) is 3.97. The summed E-state index contributed by atoms with van der Waals surface area (Å²) in [5.74, 6) is 0.536. The number of halogens is 1. The number of rotatable bonds is 4. The van der Waals surface area contributed by atoms with E-state index in [2.05, 4.69) is 85.8 Å². The standard InChI is InChI=1S/C19H25I/c1-4-17(16-10-12-19(2,3)13-11-16)18(14-20)15-8-6-5-7-9-15/h4-10,18H,11-14H2,1-3H3. The van der Waals surface area contributed by atoms with Crippen molar-refractivity contribution in [2.75, 3.05) is 4.43 Å². The van der Waals surface area contributed by atoms with Crippen LogP contribution >= 0.6 is 22.6 Å². The minimum atomic E-state index is 0.481. The molecule has 2 rings (SSSR count). The van der Waals surface area contributed by atoms with Crippen LogP contribution in [0.15, 0.2) is 53.6 Å². The molecule has 0 heterocycles. The molecular formula is C19H25I. The van der Waals surface area contributed by atoms with Gasteiger partial charge in [0.2, 0.25) is 0 Å². The molecule has 0 aromatic heterocycles. The molecular weight excluding hydrogens is 355 g/mol. The van der Waals surface area contributed by atoms with E-state index in [1.54, 1.807) is 11.1 Å². The SMILES string of the molecule is CC=C(C1=CCC(C)(C)CC1)C(CI)c1ccccc1. The Morgan fingerprint density at radius 1 is 1.30 bits per heavy atom. The summed E-state index contributed by atoms with van der Waals surface area (Å²) in [6.45, 7) is 6.95. The summed E-state index contributed by atoms with van der Waals surface area (Å²) in [7, 11) is 0. The fraction of sp³-hybridized carbons (Fsp3) is 0.474. The third-order valence-electron chi connectivity index (χ3n) is 4.39. The maximum atomic E-state index is 2.53. The highest BCUT2D eigenvalue weighted by Crippen LogP contribution is 2.40. The van der Waals surface area contributed by atoms with E-state index in [4.69, 9.17) is 0 Å². The van der Waals surface area contributed by atoms with Gasteiger partial charge in [0.1, 0.15) is 0 Å². The van der Waals surface area contributed by atoms with Crippen molar-refractivity contribution in [1.82, 2.24) is 0 Å². The van der Waals surface area contributed by atoms with Gasteiger partial charge in [-0.3, -0.25) is 0 Å². The zero-order valence-electron chi connectivity index (χ0n) is 12.8. The molecule has 1 aliphatic carbocycles. The second kappa shape index (κ2) is 6.93. The van der Waals surface area contributed by atoms with Gasteiger partial charge in [-0.25, -0.2) is 0 Å². The second-order valence-corrected chi connectivity index (χ2v) is 7.34. The van der Waals surface area contributed by atoms with Gasteiger partial charge < -0.3 is 0 Å². The predicted octanol–water partition coefficient (Wildman–Crippen LogP) is 6.29. The lowest BCUT2D eigenvalue weighted by atomic mass is 9.74. The van der Waals surface area contributed by atoms with Crippen molar-refractivity contribution in [3.8, 4) is 0 Å². The van der Waals surface area contributed by atoms with Crippen LogP contribution in [0, 0.1) is 5.41 Å². The molecule has 0 nitrogen and oxygen atoms in total. The van der Waals surface area contributed by atoms with E-state index in [-0.39, 0.29) is 0 Å². The third-order valence-corrected chi connectivity index (χ3v) is 5.27. The van der Waals surface area contributed by atoms with Gasteiger partial charge in [-0.2, -0.15) is 0 Å². The monoisotopic (exact) mass is 380 g/mol. The fourth-order valence-electron chi connectivity index (χ4n) is 2.99. The molecule has 0 saturated heterocycles. The van der Waals surface area contributed by atoms with E-state index < -0.39 is 0 Å². The van der Waals surface area contributed by atoms with Crippen molar-refractivity contribution in [2.45, 2.75) is 46.0 Å². The average molecular weight is 380 g/mol. The van der Waals surface area contributed by atoms with Gasteiger partial charge in [-0.05, 0) is 48.3 Å². The number of benzene rings is 1. The third kappa shape index (κ3) is 3.75. The molecule has 1 unspecified atom stereocenters. The lowest BCUT2D eigenvalue weighted by Crippen LogP contribution is -2.17. The summed E-state index contributed by atoms with van der Waals surface area (Å²) in [4.78, 5) is 0. The van der Waals surface area contributed by atoms with Crippen LogP contribution in [-0.2, 0) is 0 Å². The van der Waals surface area contributed by atoms with Crippen molar-refractivity contribution in [2.24, 2.45) is 5.41 Å². The topological polar surface area (TPSA) is 0 Å². The van der Waals surface area contributed by atoms with E-state index in [1.165, 1.54) is 24.8 Å². The Morgan fingerprint density at radius 2 is 2.00 bits per heavy atom. The first-order valence-electron chi connectivity index (χ1n) is 7.54. The Balaban J connectivity index is 2.26. The van der Waals surface area contributed by atoms with Crippen LogP contribution in [0.4, 0.5) is 0 Å². The molecule has 0 fully saturated rings. The molecule has 0 N–H and O–H groups in total. The Hall–Kier alpha value is -0.570. The number of allylic oxidation sites excluding steroid dienone is 4. The molecule has 1 aromatic carbocycles. The maximum absolute atomic E-state index is 2.53. The maximum Gasteiger partial charge on any atom is 0.0178 e. The number of hydrogen-bond donors (Lipinski definition) is 0. The van der Waals surface area contributed by atoms with Gasteiger partial charge in [0.05, 0.1) is 0 Å². The molecule has 20 heavy (non-hydrogen) atoms. The zero-order valence-corrected chi connectivity index (χ0v) is 15.0. The molecule has 0 saturated carbocycles. The van der Waals surface area contributed by atoms with Crippen LogP contribution in [0.1, 0.15) is 51.5 Å². The summed E-state index contributed by atoms with van der Waals surface area (Å²) in [5.41, 5.74) is 5.05. The number of alkyl halides is 1. The van der Waals surface area contributed by atoms with Gasteiger partial charge in [-0.1, -0.05) is 78.9 Å². The average Bonchev–Trinajstić information content (AvgIpc) is 2.46. The largest absolute Gasteiger partial charge is 0.0853 e. The van der Waals surface area contributed by atoms with Crippen molar-refractivity contribution >= 4 is 22.6 Å². The molecule has 1 atom stereocenters. The van der Waals surface area contributed by atoms with Crippen LogP contribution in [0.25, 0.3) is 0 Å². The molecule has 1 aliphatic rings. The lowest BCUT2D eigenvalue weighted by Gasteiger charge is -2.31. The van der Waals surface area contributed by atoms with Gasteiger partial charge in [0.15, 0.2) is 0 Å². The lowest BCUT2D eigenvalue weighted by molar-refractivity contribution is 0.325. The van der Waals surface area contributed by atoms with Gasteiger partial charge in [-0.15, -0.1) is 0 Å². The summed E-state index contributed by atoms with van der Waals surface area (Å²) in [6, 6.07) is 10.9. The zero-order chi connectivity index (χ0) is 14.6. The molecule has 108 valence electrons. The van der Waals surface area contributed by atoms with E-state index in [0.717, 1.165) is 4.43 Å². The number of hydrogen-bond acceptors (Lipinski definition) is 0.